The summed E-state index contributed by atoms with van der Waals surface area (Å²) in [4.78, 5) is 0. The van der Waals surface area contributed by atoms with E-state index in [1.54, 1.807) is 0 Å². The van der Waals surface area contributed by atoms with Gasteiger partial charge in [-0.1, -0.05) is 6.42 Å². The lowest BCUT2D eigenvalue weighted by atomic mass is 9.87. The molecule has 2 heteroatoms. The van der Waals surface area contributed by atoms with Gasteiger partial charge in [0.1, 0.15) is 0 Å². The molecule has 0 aromatic carbocycles. The first kappa shape index (κ1) is 7.24. The largest absolute Gasteiger partial charge is 0.235 e. The van der Waals surface area contributed by atoms with E-state index in [4.69, 9.17) is 1.37 Å². The Labute approximate surface area is 87.6 Å². The molecule has 0 amide bonds. The fraction of sp³-hybridized carbons (Fsp3) is 1.00. The molecular weight excluding hydrogens is 172 g/mol. The van der Waals surface area contributed by atoms with Gasteiger partial charge in [0.05, 0.1) is 0 Å². The van der Waals surface area contributed by atoms with Crippen LogP contribution in [0.1, 0.15) is 52.7 Å². The van der Waals surface area contributed by atoms with Crippen molar-refractivity contribution >= 4 is 0 Å². The Morgan fingerprint density at radius 3 is 2.14 bits per heavy atom. The number of nitrogens with zero attached hydrogens (tertiary/aromatic N) is 2. The molecule has 3 atom stereocenters. The van der Waals surface area contributed by atoms with Gasteiger partial charge in [-0.3, -0.25) is 0 Å². The van der Waals surface area contributed by atoms with Crippen LogP contribution in [-0.2, 0) is 0 Å². The summed E-state index contributed by atoms with van der Waals surface area (Å²) in [7, 11) is 0. The number of hydrogen-bond acceptors (Lipinski definition) is 2. The van der Waals surface area contributed by atoms with Gasteiger partial charge in [-0.15, -0.1) is 0 Å². The van der Waals surface area contributed by atoms with Crippen LogP contribution in [0.2, 0.25) is 0 Å². The maximum atomic E-state index is 8.19. The Kier molecular flexibility index (Phi) is 1.41. The Balaban J connectivity index is 1.72. The summed E-state index contributed by atoms with van der Waals surface area (Å²) in [6, 6.07) is 3.03. The van der Waals surface area contributed by atoms with E-state index in [2.05, 4.69) is 10.0 Å². The quantitative estimate of drug-likeness (QED) is 0.581. The van der Waals surface area contributed by atoms with Gasteiger partial charge in [0.2, 0.25) is 0 Å². The Bertz CT molecular complexity index is 275. The highest BCUT2D eigenvalue weighted by atomic mass is 15.7. The van der Waals surface area contributed by atoms with Crippen LogP contribution in [0, 0.1) is 0 Å². The van der Waals surface area contributed by atoms with E-state index in [0.29, 0.717) is 6.04 Å². The van der Waals surface area contributed by atoms with Crippen molar-refractivity contribution in [1.29, 1.82) is 0 Å². The van der Waals surface area contributed by atoms with Crippen molar-refractivity contribution in [3.63, 3.8) is 0 Å². The second-order valence-electron chi connectivity index (χ2n) is 5.49. The van der Waals surface area contributed by atoms with E-state index in [1.807, 2.05) is 0 Å². The molecule has 0 radical (unpaired) electrons. The minimum Gasteiger partial charge on any atom is -0.235 e. The van der Waals surface area contributed by atoms with Gasteiger partial charge in [0, 0.05) is 25.5 Å². The van der Waals surface area contributed by atoms with Crippen molar-refractivity contribution in [2.24, 2.45) is 0 Å². The molecule has 0 aromatic rings. The van der Waals surface area contributed by atoms with E-state index in [-0.39, 0.29) is 6.40 Å². The lowest BCUT2D eigenvalue weighted by molar-refractivity contribution is -0.154. The van der Waals surface area contributed by atoms with E-state index in [0.717, 1.165) is 24.5 Å². The molecule has 0 aromatic heterocycles. The zero-order chi connectivity index (χ0) is 9.99. The van der Waals surface area contributed by atoms with E-state index >= 15 is 0 Å². The number of hydrogen-bond donors (Lipinski definition) is 0. The minimum atomic E-state index is 0.200. The third-order valence-corrected chi connectivity index (χ3v) is 4.85. The fourth-order valence-electron chi connectivity index (χ4n) is 4.32. The Morgan fingerprint density at radius 2 is 1.43 bits per heavy atom. The summed E-state index contributed by atoms with van der Waals surface area (Å²) in [5.41, 5.74) is 0. The van der Waals surface area contributed by atoms with Gasteiger partial charge >= 0.3 is 0 Å². The van der Waals surface area contributed by atoms with Crippen molar-refractivity contribution in [1.82, 2.24) is 10.0 Å². The fourth-order valence-corrected chi connectivity index (χ4v) is 4.32. The van der Waals surface area contributed by atoms with Gasteiger partial charge in [-0.2, -0.15) is 0 Å². The van der Waals surface area contributed by atoms with Gasteiger partial charge in [0.15, 0.2) is 0 Å². The summed E-state index contributed by atoms with van der Waals surface area (Å²) in [6.07, 6.45) is 9.56. The molecule has 78 valence electrons. The summed E-state index contributed by atoms with van der Waals surface area (Å²) < 4.78 is 8.19. The SMILES string of the molecule is [2H][C@@H]1CC[C@@H]2C[C@H]1N1C3CCC(CC3)N21. The minimum absolute atomic E-state index is 0.200. The van der Waals surface area contributed by atoms with E-state index < -0.39 is 0 Å². The summed E-state index contributed by atoms with van der Waals surface area (Å²) >= 11 is 0. The third kappa shape index (κ3) is 0.892. The first-order valence-corrected chi connectivity index (χ1v) is 6.33. The smallest absolute Gasteiger partial charge is 0.0283 e. The van der Waals surface area contributed by atoms with Crippen molar-refractivity contribution < 1.29 is 1.37 Å². The zero-order valence-electron chi connectivity index (χ0n) is 9.73. The molecule has 2 nitrogen and oxygen atoms in total. The van der Waals surface area contributed by atoms with Gasteiger partial charge in [0.25, 0.3) is 0 Å². The molecule has 0 N–H and O–H groups in total. The van der Waals surface area contributed by atoms with E-state index in [9.17, 15) is 0 Å². The van der Waals surface area contributed by atoms with Crippen LogP contribution in [0.3, 0.4) is 0 Å². The van der Waals surface area contributed by atoms with Crippen LogP contribution in [0.15, 0.2) is 0 Å². The molecule has 5 aliphatic rings. The topological polar surface area (TPSA) is 6.48 Å². The van der Waals surface area contributed by atoms with Crippen molar-refractivity contribution in [3.05, 3.63) is 0 Å². The van der Waals surface area contributed by atoms with Crippen LogP contribution >= 0.6 is 0 Å². The average Bonchev–Trinajstić information content (AvgIpc) is 2.63. The van der Waals surface area contributed by atoms with Crippen LogP contribution < -0.4 is 0 Å². The van der Waals surface area contributed by atoms with Crippen LogP contribution in [-0.4, -0.2) is 34.2 Å². The predicted octanol–water partition coefficient (Wildman–Crippen LogP) is 2.16. The molecule has 5 rings (SSSR count). The zero-order valence-corrected chi connectivity index (χ0v) is 8.73. The monoisotopic (exact) mass is 193 g/mol. The van der Waals surface area contributed by atoms with Crippen LogP contribution in [0.4, 0.5) is 0 Å². The molecular formula is C12H20N2. The summed E-state index contributed by atoms with van der Waals surface area (Å²) in [5, 5.41) is 5.38. The van der Waals surface area contributed by atoms with E-state index in [1.165, 1.54) is 38.5 Å². The van der Waals surface area contributed by atoms with Crippen molar-refractivity contribution in [3.8, 4) is 0 Å². The van der Waals surface area contributed by atoms with Crippen molar-refractivity contribution in [2.45, 2.75) is 75.5 Å². The first-order chi connectivity index (χ1) is 7.34. The molecule has 0 unspecified atom stereocenters. The highest BCUT2D eigenvalue weighted by Gasteiger charge is 2.51. The highest BCUT2D eigenvalue weighted by molar-refractivity contribution is 5.02. The van der Waals surface area contributed by atoms with Crippen LogP contribution in [0.5, 0.6) is 0 Å². The molecule has 4 bridgehead atoms. The second kappa shape index (κ2) is 2.73. The third-order valence-electron chi connectivity index (χ3n) is 4.85. The van der Waals surface area contributed by atoms with Gasteiger partial charge in [-0.05, 0) is 44.9 Å². The molecule has 5 fully saturated rings. The molecule has 14 heavy (non-hydrogen) atoms. The molecule has 3 aliphatic heterocycles. The Hall–Kier alpha value is -0.0800. The maximum absolute atomic E-state index is 8.19. The van der Waals surface area contributed by atoms with Crippen LogP contribution in [0.25, 0.3) is 0 Å². The number of hydrazine groups is 1. The first-order valence-electron chi connectivity index (χ1n) is 6.91. The average molecular weight is 193 g/mol. The standard InChI is InChI=1S/C12H20N2/c1-2-11-8-12(3-1)14-10-6-4-9(5-7-10)13(11)14/h9-12H,1-8H2/t9?,10?,11-,12+/i2D/t2-,9?,10?,11+,12-/m1/s1. The summed E-state index contributed by atoms with van der Waals surface area (Å²) in [5.74, 6) is 0. The molecule has 3 saturated heterocycles. The molecule has 2 aliphatic carbocycles. The van der Waals surface area contributed by atoms with Gasteiger partial charge in [-0.25, -0.2) is 10.0 Å². The second-order valence-corrected chi connectivity index (χ2v) is 5.49. The van der Waals surface area contributed by atoms with Gasteiger partial charge < -0.3 is 0 Å². The number of rotatable bonds is 0. The summed E-state index contributed by atoms with van der Waals surface area (Å²) in [6.45, 7) is 0. The normalized spacial score (nSPS) is 58.6. The lowest BCUT2D eigenvalue weighted by Crippen LogP contribution is -2.60. The Morgan fingerprint density at radius 1 is 0.786 bits per heavy atom. The maximum Gasteiger partial charge on any atom is 0.0283 e. The lowest BCUT2D eigenvalue weighted by Gasteiger charge is -2.52. The molecule has 3 heterocycles. The molecule has 0 spiro atoms. The van der Waals surface area contributed by atoms with Crippen molar-refractivity contribution in [2.75, 3.05) is 0 Å². The number of fused-ring (bicyclic) bond motifs is 4. The molecule has 2 saturated carbocycles. The predicted molar refractivity (Wildman–Crippen MR) is 55.8 cm³/mol. The highest BCUT2D eigenvalue weighted by Crippen LogP contribution is 2.47.